The number of alkyl halides is 3. The number of nitrogens with zero attached hydrogens (tertiary/aromatic N) is 2. The molecule has 158 valence electrons. The predicted molar refractivity (Wildman–Crippen MR) is 102 cm³/mol. The fourth-order valence-corrected chi connectivity index (χ4v) is 2.68. The molecule has 0 spiro atoms. The maximum absolute atomic E-state index is 13.4. The van der Waals surface area contributed by atoms with Gasteiger partial charge >= 0.3 is 6.36 Å². The summed E-state index contributed by atoms with van der Waals surface area (Å²) in [6.45, 7) is 2.42. The minimum absolute atomic E-state index is 0.0773. The molecule has 5 nitrogen and oxygen atoms in total. The highest BCUT2D eigenvalue weighted by Gasteiger charge is 2.31. The van der Waals surface area contributed by atoms with Crippen LogP contribution >= 0.6 is 0 Å². The van der Waals surface area contributed by atoms with E-state index in [0.717, 1.165) is 6.07 Å². The van der Waals surface area contributed by atoms with Crippen molar-refractivity contribution in [2.75, 3.05) is 17.2 Å². The van der Waals surface area contributed by atoms with Gasteiger partial charge in [0.2, 0.25) is 5.95 Å². The SMILES string of the molecule is CCNc1nc(NCc2cc(F)cc(F)c2)cc(-c2cccc(OC(F)(F)F)c2)n1. The molecule has 0 amide bonds. The molecule has 3 aromatic rings. The lowest BCUT2D eigenvalue weighted by Crippen LogP contribution is -2.17. The third-order valence-electron chi connectivity index (χ3n) is 3.82. The highest BCUT2D eigenvalue weighted by atomic mass is 19.4. The fourth-order valence-electron chi connectivity index (χ4n) is 2.68. The van der Waals surface area contributed by atoms with E-state index in [2.05, 4.69) is 25.3 Å². The molecule has 1 aromatic heterocycles. The van der Waals surface area contributed by atoms with Gasteiger partial charge in [-0.3, -0.25) is 0 Å². The molecule has 0 saturated heterocycles. The van der Waals surface area contributed by atoms with Gasteiger partial charge in [0.05, 0.1) is 5.69 Å². The average molecular weight is 424 g/mol. The van der Waals surface area contributed by atoms with Crippen LogP contribution in [0.15, 0.2) is 48.5 Å². The van der Waals surface area contributed by atoms with Crippen LogP contribution in [0.5, 0.6) is 5.75 Å². The van der Waals surface area contributed by atoms with Crippen LogP contribution in [0.2, 0.25) is 0 Å². The van der Waals surface area contributed by atoms with Crippen LogP contribution in [0.4, 0.5) is 33.7 Å². The zero-order valence-electron chi connectivity index (χ0n) is 15.7. The molecule has 2 aromatic carbocycles. The van der Waals surface area contributed by atoms with Gasteiger partial charge in [0.25, 0.3) is 0 Å². The third-order valence-corrected chi connectivity index (χ3v) is 3.82. The summed E-state index contributed by atoms with van der Waals surface area (Å²) in [5.41, 5.74) is 1.07. The van der Waals surface area contributed by atoms with Gasteiger partial charge < -0.3 is 15.4 Å². The number of hydrogen-bond donors (Lipinski definition) is 2. The lowest BCUT2D eigenvalue weighted by Gasteiger charge is -2.12. The maximum atomic E-state index is 13.4. The first-order valence-corrected chi connectivity index (χ1v) is 8.90. The van der Waals surface area contributed by atoms with Gasteiger partial charge in [-0.2, -0.15) is 4.98 Å². The molecule has 30 heavy (non-hydrogen) atoms. The predicted octanol–water partition coefficient (Wildman–Crippen LogP) is 5.36. The molecule has 0 unspecified atom stereocenters. The smallest absolute Gasteiger partial charge is 0.406 e. The van der Waals surface area contributed by atoms with E-state index in [4.69, 9.17) is 0 Å². The zero-order valence-corrected chi connectivity index (χ0v) is 15.7. The van der Waals surface area contributed by atoms with Crippen molar-refractivity contribution in [3.05, 3.63) is 65.7 Å². The Morgan fingerprint density at radius 2 is 1.67 bits per heavy atom. The number of aromatic nitrogens is 2. The van der Waals surface area contributed by atoms with E-state index in [-0.39, 0.29) is 18.2 Å². The van der Waals surface area contributed by atoms with Crippen molar-refractivity contribution in [1.82, 2.24) is 9.97 Å². The Labute approximate surface area is 168 Å². The topological polar surface area (TPSA) is 59.1 Å². The van der Waals surface area contributed by atoms with Crippen LogP contribution in [0.3, 0.4) is 0 Å². The third kappa shape index (κ3) is 6.03. The summed E-state index contributed by atoms with van der Waals surface area (Å²) in [7, 11) is 0. The monoisotopic (exact) mass is 424 g/mol. The lowest BCUT2D eigenvalue weighted by atomic mass is 10.1. The van der Waals surface area contributed by atoms with E-state index >= 15 is 0 Å². The maximum Gasteiger partial charge on any atom is 0.573 e. The number of anilines is 2. The van der Waals surface area contributed by atoms with Crippen LogP contribution < -0.4 is 15.4 Å². The van der Waals surface area contributed by atoms with Gasteiger partial charge in [-0.05, 0) is 36.8 Å². The van der Waals surface area contributed by atoms with Crippen LogP contribution in [-0.4, -0.2) is 22.9 Å². The molecule has 1 heterocycles. The number of hydrogen-bond acceptors (Lipinski definition) is 5. The average Bonchev–Trinajstić information content (AvgIpc) is 2.65. The summed E-state index contributed by atoms with van der Waals surface area (Å²) >= 11 is 0. The van der Waals surface area contributed by atoms with Crippen LogP contribution in [0.25, 0.3) is 11.3 Å². The number of rotatable bonds is 7. The van der Waals surface area contributed by atoms with Gasteiger partial charge in [0.1, 0.15) is 23.2 Å². The number of benzene rings is 2. The molecular formula is C20H17F5N4O. The molecule has 0 aliphatic rings. The van der Waals surface area contributed by atoms with E-state index in [1.165, 1.54) is 36.4 Å². The Morgan fingerprint density at radius 1 is 0.933 bits per heavy atom. The summed E-state index contributed by atoms with van der Waals surface area (Å²) in [6.07, 6.45) is -4.81. The molecule has 2 N–H and O–H groups in total. The molecule has 0 bridgehead atoms. The van der Waals surface area contributed by atoms with Crippen LogP contribution in [0.1, 0.15) is 12.5 Å². The quantitative estimate of drug-likeness (QED) is 0.500. The van der Waals surface area contributed by atoms with Crippen molar-refractivity contribution in [2.45, 2.75) is 19.8 Å². The Bertz CT molecular complexity index is 1010. The van der Waals surface area contributed by atoms with Gasteiger partial charge in [-0.25, -0.2) is 13.8 Å². The van der Waals surface area contributed by atoms with E-state index in [9.17, 15) is 22.0 Å². The molecule has 0 fully saturated rings. The number of halogens is 5. The minimum atomic E-state index is -4.81. The van der Waals surface area contributed by atoms with E-state index in [1.54, 1.807) is 6.07 Å². The number of nitrogens with one attached hydrogen (secondary N) is 2. The first kappa shape index (κ1) is 21.3. The van der Waals surface area contributed by atoms with Crippen molar-refractivity contribution in [3.8, 4) is 17.0 Å². The van der Waals surface area contributed by atoms with Crippen LogP contribution in [0, 0.1) is 11.6 Å². The standard InChI is InChI=1S/C20H17F5N4O/c1-2-26-19-28-17(13-4-3-5-16(8-13)30-20(23,24)25)10-18(29-19)27-11-12-6-14(21)9-15(22)7-12/h3-10H,2,11H2,1H3,(H2,26,27,28,29). The van der Waals surface area contributed by atoms with Gasteiger partial charge in [-0.1, -0.05) is 12.1 Å². The first-order valence-electron chi connectivity index (χ1n) is 8.90. The summed E-state index contributed by atoms with van der Waals surface area (Å²) in [5.74, 6) is -1.23. The Morgan fingerprint density at radius 3 is 2.33 bits per heavy atom. The van der Waals surface area contributed by atoms with E-state index in [0.29, 0.717) is 29.2 Å². The second-order valence-corrected chi connectivity index (χ2v) is 6.20. The highest BCUT2D eigenvalue weighted by molar-refractivity contribution is 5.66. The van der Waals surface area contributed by atoms with Crippen molar-refractivity contribution in [2.24, 2.45) is 0 Å². The normalized spacial score (nSPS) is 11.3. The Kier molecular flexibility index (Phi) is 6.34. The minimum Gasteiger partial charge on any atom is -0.406 e. The molecular weight excluding hydrogens is 407 g/mol. The fraction of sp³-hybridized carbons (Fsp3) is 0.200. The second kappa shape index (κ2) is 8.93. The van der Waals surface area contributed by atoms with Gasteiger partial charge in [0.15, 0.2) is 0 Å². The zero-order chi connectivity index (χ0) is 21.7. The van der Waals surface area contributed by atoms with Crippen molar-refractivity contribution < 1.29 is 26.7 Å². The molecule has 0 radical (unpaired) electrons. The number of ether oxygens (including phenoxy) is 1. The van der Waals surface area contributed by atoms with Crippen molar-refractivity contribution >= 4 is 11.8 Å². The van der Waals surface area contributed by atoms with Gasteiger partial charge in [0, 0.05) is 30.8 Å². The second-order valence-electron chi connectivity index (χ2n) is 6.20. The molecule has 3 rings (SSSR count). The molecule has 0 aliphatic heterocycles. The van der Waals surface area contributed by atoms with E-state index in [1.807, 2.05) is 6.92 Å². The van der Waals surface area contributed by atoms with E-state index < -0.39 is 18.0 Å². The Balaban J connectivity index is 1.88. The first-order chi connectivity index (χ1) is 14.2. The van der Waals surface area contributed by atoms with Crippen molar-refractivity contribution in [1.29, 1.82) is 0 Å². The Hall–Kier alpha value is -3.43. The molecule has 0 aliphatic carbocycles. The summed E-state index contributed by atoms with van der Waals surface area (Å²) < 4.78 is 68.2. The van der Waals surface area contributed by atoms with Crippen molar-refractivity contribution in [3.63, 3.8) is 0 Å². The largest absolute Gasteiger partial charge is 0.573 e. The molecule has 0 atom stereocenters. The summed E-state index contributed by atoms with van der Waals surface area (Å²) in [5, 5.41) is 5.88. The molecule has 10 heteroatoms. The lowest BCUT2D eigenvalue weighted by molar-refractivity contribution is -0.274. The highest BCUT2D eigenvalue weighted by Crippen LogP contribution is 2.28. The van der Waals surface area contributed by atoms with Gasteiger partial charge in [-0.15, -0.1) is 13.2 Å². The molecule has 0 saturated carbocycles. The summed E-state index contributed by atoms with van der Waals surface area (Å²) in [6, 6.07) is 10.0. The van der Waals surface area contributed by atoms with Crippen LogP contribution in [-0.2, 0) is 6.54 Å². The summed E-state index contributed by atoms with van der Waals surface area (Å²) in [4.78, 5) is 8.55.